The summed E-state index contributed by atoms with van der Waals surface area (Å²) in [6, 6.07) is 11.8. The van der Waals surface area contributed by atoms with Crippen LogP contribution in [0.25, 0.3) is 10.2 Å². The molecular weight excluding hydrogens is 528 g/mol. The van der Waals surface area contributed by atoms with E-state index in [0.717, 1.165) is 48.9 Å². The molecular formula is C27H37ClN4O3S2. The lowest BCUT2D eigenvalue weighted by atomic mass is 10.2. The quantitative estimate of drug-likeness (QED) is 0.235. The molecule has 0 fully saturated rings. The van der Waals surface area contributed by atoms with E-state index in [4.69, 9.17) is 11.6 Å². The van der Waals surface area contributed by atoms with Crippen molar-refractivity contribution in [3.8, 4) is 0 Å². The highest BCUT2D eigenvalue weighted by molar-refractivity contribution is 7.89. The number of thiazole rings is 1. The molecule has 202 valence electrons. The van der Waals surface area contributed by atoms with Crippen molar-refractivity contribution in [1.29, 1.82) is 0 Å². The number of anilines is 1. The van der Waals surface area contributed by atoms with Gasteiger partial charge in [0, 0.05) is 30.2 Å². The Morgan fingerprint density at radius 2 is 1.57 bits per heavy atom. The molecule has 0 saturated carbocycles. The summed E-state index contributed by atoms with van der Waals surface area (Å²) in [7, 11) is 0.365. The Morgan fingerprint density at radius 3 is 2.16 bits per heavy atom. The molecule has 0 aliphatic heterocycles. The zero-order valence-electron chi connectivity index (χ0n) is 22.1. The van der Waals surface area contributed by atoms with Crippen LogP contribution in [0.5, 0.6) is 0 Å². The van der Waals surface area contributed by atoms with Gasteiger partial charge in [-0.25, -0.2) is 13.4 Å². The van der Waals surface area contributed by atoms with Gasteiger partial charge in [-0.15, -0.1) is 0 Å². The molecule has 0 bridgehead atoms. The number of hydrogen-bond donors (Lipinski definition) is 0. The smallest absolute Gasteiger partial charge is 0.260 e. The molecule has 0 aliphatic rings. The summed E-state index contributed by atoms with van der Waals surface area (Å²) in [5, 5.41) is 1.22. The average Bonchev–Trinajstić information content (AvgIpc) is 3.29. The number of sulfonamides is 1. The molecule has 0 radical (unpaired) electrons. The highest BCUT2D eigenvalue weighted by Crippen LogP contribution is 2.32. The van der Waals surface area contributed by atoms with E-state index in [9.17, 15) is 13.2 Å². The van der Waals surface area contributed by atoms with Crippen molar-refractivity contribution in [2.24, 2.45) is 0 Å². The highest BCUT2D eigenvalue weighted by Gasteiger charge is 2.25. The van der Waals surface area contributed by atoms with Gasteiger partial charge in [-0.2, -0.15) is 4.31 Å². The van der Waals surface area contributed by atoms with Gasteiger partial charge in [0.05, 0.1) is 15.1 Å². The van der Waals surface area contributed by atoms with Crippen LogP contribution in [0, 0.1) is 0 Å². The first-order chi connectivity index (χ1) is 17.7. The topological polar surface area (TPSA) is 73.8 Å². The monoisotopic (exact) mass is 564 g/mol. The second kappa shape index (κ2) is 13.7. The summed E-state index contributed by atoms with van der Waals surface area (Å²) < 4.78 is 29.1. The number of carbonyl (C=O) groups excluding carboxylic acids is 1. The molecule has 0 spiro atoms. The van der Waals surface area contributed by atoms with E-state index >= 15 is 0 Å². The predicted octanol–water partition coefficient (Wildman–Crippen LogP) is 6.14. The summed E-state index contributed by atoms with van der Waals surface area (Å²) >= 11 is 7.58. The predicted molar refractivity (Wildman–Crippen MR) is 154 cm³/mol. The third-order valence-corrected chi connectivity index (χ3v) is 9.25. The number of aromatic nitrogens is 1. The third-order valence-electron chi connectivity index (χ3n) is 6.06. The van der Waals surface area contributed by atoms with E-state index in [0.29, 0.717) is 35.4 Å². The number of unbranched alkanes of at least 4 members (excludes halogenated alkanes) is 2. The van der Waals surface area contributed by atoms with E-state index in [1.807, 2.05) is 26.2 Å². The van der Waals surface area contributed by atoms with Crippen molar-refractivity contribution in [3.63, 3.8) is 0 Å². The lowest BCUT2D eigenvalue weighted by Gasteiger charge is -2.23. The van der Waals surface area contributed by atoms with Crippen molar-refractivity contribution in [1.82, 2.24) is 14.2 Å². The van der Waals surface area contributed by atoms with Crippen LogP contribution in [0.3, 0.4) is 0 Å². The summed E-state index contributed by atoms with van der Waals surface area (Å²) in [5.41, 5.74) is 1.21. The average molecular weight is 565 g/mol. The molecule has 10 heteroatoms. The van der Waals surface area contributed by atoms with Crippen molar-refractivity contribution in [2.75, 3.05) is 45.2 Å². The molecule has 2 aromatic carbocycles. The van der Waals surface area contributed by atoms with Gasteiger partial charge in [0.1, 0.15) is 0 Å². The summed E-state index contributed by atoms with van der Waals surface area (Å²) in [6.45, 7) is 6.42. The number of nitrogens with zero attached hydrogens (tertiary/aromatic N) is 4. The van der Waals surface area contributed by atoms with Gasteiger partial charge >= 0.3 is 0 Å². The summed E-state index contributed by atoms with van der Waals surface area (Å²) in [5.74, 6) is -0.207. The van der Waals surface area contributed by atoms with Crippen LogP contribution in [0.15, 0.2) is 47.4 Å². The maximum Gasteiger partial charge on any atom is 0.260 e. The molecule has 0 atom stereocenters. The number of carbonyl (C=O) groups is 1. The molecule has 0 aliphatic carbocycles. The third kappa shape index (κ3) is 7.74. The van der Waals surface area contributed by atoms with Crippen molar-refractivity contribution in [3.05, 3.63) is 53.1 Å². The number of rotatable bonds is 14. The maximum absolute atomic E-state index is 13.6. The minimum absolute atomic E-state index is 0.207. The van der Waals surface area contributed by atoms with Crippen LogP contribution in [-0.4, -0.2) is 68.8 Å². The standard InChI is InChI=1S/C27H37ClN4O3S2/c1-5-7-17-31(18-8-6-2)37(34,35)23-13-10-21(11-14-23)26(33)32(19-9-16-30(3)4)27-29-24-15-12-22(28)20-25(24)36-27/h10-15,20H,5-9,16-19H2,1-4H3. The Hall–Kier alpha value is -2.04. The maximum atomic E-state index is 13.6. The fourth-order valence-corrected chi connectivity index (χ4v) is 6.71. The van der Waals surface area contributed by atoms with Gasteiger partial charge in [-0.3, -0.25) is 9.69 Å². The lowest BCUT2D eigenvalue weighted by molar-refractivity contribution is 0.0986. The van der Waals surface area contributed by atoms with Crippen LogP contribution < -0.4 is 4.90 Å². The van der Waals surface area contributed by atoms with Gasteiger partial charge in [-0.1, -0.05) is 49.6 Å². The Labute approximate surface area is 230 Å². The fourth-order valence-electron chi connectivity index (χ4n) is 3.93. The van der Waals surface area contributed by atoms with E-state index in [1.54, 1.807) is 39.5 Å². The number of hydrogen-bond acceptors (Lipinski definition) is 6. The highest BCUT2D eigenvalue weighted by atomic mass is 35.5. The van der Waals surface area contributed by atoms with Crippen LogP contribution in [0.4, 0.5) is 5.13 Å². The fraction of sp³-hybridized carbons (Fsp3) is 0.481. The van der Waals surface area contributed by atoms with Gasteiger partial charge in [0.25, 0.3) is 5.91 Å². The van der Waals surface area contributed by atoms with E-state index < -0.39 is 10.0 Å². The van der Waals surface area contributed by atoms with Crippen molar-refractivity contribution < 1.29 is 13.2 Å². The van der Waals surface area contributed by atoms with E-state index in [2.05, 4.69) is 23.7 Å². The van der Waals surface area contributed by atoms with Gasteiger partial charge in [-0.05, 0) is 82.4 Å². The number of fused-ring (bicyclic) bond motifs is 1. The SMILES string of the molecule is CCCCN(CCCC)S(=O)(=O)c1ccc(C(=O)N(CCCN(C)C)c2nc3ccc(Cl)cc3s2)cc1. The Kier molecular flexibility index (Phi) is 10.9. The molecule has 1 heterocycles. The summed E-state index contributed by atoms with van der Waals surface area (Å²) in [6.07, 6.45) is 4.25. The molecule has 7 nitrogen and oxygen atoms in total. The number of benzene rings is 2. The summed E-state index contributed by atoms with van der Waals surface area (Å²) in [4.78, 5) is 22.3. The van der Waals surface area contributed by atoms with Crippen LogP contribution in [0.2, 0.25) is 5.02 Å². The van der Waals surface area contributed by atoms with E-state index in [-0.39, 0.29) is 10.8 Å². The normalized spacial score (nSPS) is 12.1. The second-order valence-corrected chi connectivity index (χ2v) is 12.7. The molecule has 1 aromatic heterocycles. The molecule has 0 unspecified atom stereocenters. The molecule has 3 rings (SSSR count). The molecule has 1 amide bonds. The number of halogens is 1. The van der Waals surface area contributed by atoms with Gasteiger partial charge in [0.2, 0.25) is 10.0 Å². The second-order valence-electron chi connectivity index (χ2n) is 9.36. The first kappa shape index (κ1) is 29.5. The Balaban J connectivity index is 1.88. The largest absolute Gasteiger partial charge is 0.309 e. The first-order valence-electron chi connectivity index (χ1n) is 12.8. The van der Waals surface area contributed by atoms with Crippen molar-refractivity contribution >= 4 is 54.2 Å². The van der Waals surface area contributed by atoms with Crippen LogP contribution in [0.1, 0.15) is 56.3 Å². The Bertz CT molecular complexity index is 1270. The molecule has 37 heavy (non-hydrogen) atoms. The lowest BCUT2D eigenvalue weighted by Crippen LogP contribution is -2.34. The number of amides is 1. The minimum atomic E-state index is -3.63. The Morgan fingerprint density at radius 1 is 0.919 bits per heavy atom. The zero-order chi connectivity index (χ0) is 27.0. The van der Waals surface area contributed by atoms with Gasteiger partial charge < -0.3 is 4.90 Å². The van der Waals surface area contributed by atoms with Crippen LogP contribution in [-0.2, 0) is 10.0 Å². The van der Waals surface area contributed by atoms with Gasteiger partial charge in [0.15, 0.2) is 5.13 Å². The molecule has 3 aromatic rings. The molecule has 0 N–H and O–H groups in total. The molecule has 0 saturated heterocycles. The van der Waals surface area contributed by atoms with E-state index in [1.165, 1.54) is 11.3 Å². The van der Waals surface area contributed by atoms with Crippen molar-refractivity contribution in [2.45, 2.75) is 50.8 Å². The zero-order valence-corrected chi connectivity index (χ0v) is 24.5. The first-order valence-corrected chi connectivity index (χ1v) is 15.4. The van der Waals surface area contributed by atoms with Crippen LogP contribution >= 0.6 is 22.9 Å². The minimum Gasteiger partial charge on any atom is -0.309 e.